The Morgan fingerprint density at radius 1 is 1.35 bits per heavy atom. The zero-order chi connectivity index (χ0) is 14.2. The molecule has 20 heavy (non-hydrogen) atoms. The van der Waals surface area contributed by atoms with Crippen LogP contribution in [-0.2, 0) is 10.2 Å². The van der Waals surface area contributed by atoms with Crippen molar-refractivity contribution in [2.45, 2.75) is 37.6 Å². The van der Waals surface area contributed by atoms with E-state index in [0.717, 1.165) is 37.9 Å². The molecule has 1 aromatic rings. The molecule has 3 nitrogen and oxygen atoms in total. The first-order chi connectivity index (χ1) is 9.62. The van der Waals surface area contributed by atoms with Gasteiger partial charge in [-0.3, -0.25) is 4.79 Å². The van der Waals surface area contributed by atoms with Gasteiger partial charge in [-0.25, -0.2) is 4.39 Å². The number of nitrogens with one attached hydrogen (secondary N) is 2. The van der Waals surface area contributed by atoms with E-state index in [4.69, 9.17) is 0 Å². The molecule has 108 valence electrons. The number of amides is 1. The highest BCUT2D eigenvalue weighted by molar-refractivity contribution is 5.91. The summed E-state index contributed by atoms with van der Waals surface area (Å²) in [6.07, 6.45) is 2.71. The van der Waals surface area contributed by atoms with Gasteiger partial charge in [0.2, 0.25) is 5.91 Å². The Morgan fingerprint density at radius 3 is 2.65 bits per heavy atom. The maximum Gasteiger partial charge on any atom is 0.230 e. The highest BCUT2D eigenvalue weighted by atomic mass is 19.1. The molecule has 2 fully saturated rings. The standard InChI is InChI=1S/C16H21FN2O/c1-11-10-18-9-6-14(11)19-15(20)16(7-8-16)12-2-4-13(17)5-3-12/h2-5,11,14,18H,6-10H2,1H3,(H,19,20). The van der Waals surface area contributed by atoms with Crippen molar-refractivity contribution in [1.82, 2.24) is 10.6 Å². The number of hydrogen-bond acceptors (Lipinski definition) is 2. The van der Waals surface area contributed by atoms with Crippen LogP contribution in [0.15, 0.2) is 24.3 Å². The van der Waals surface area contributed by atoms with Crippen molar-refractivity contribution in [3.05, 3.63) is 35.6 Å². The topological polar surface area (TPSA) is 41.1 Å². The van der Waals surface area contributed by atoms with E-state index in [0.29, 0.717) is 5.92 Å². The van der Waals surface area contributed by atoms with Gasteiger partial charge >= 0.3 is 0 Å². The molecular weight excluding hydrogens is 255 g/mol. The van der Waals surface area contributed by atoms with Gasteiger partial charge in [0.05, 0.1) is 5.41 Å². The van der Waals surface area contributed by atoms with Gasteiger partial charge in [-0.05, 0) is 56.0 Å². The summed E-state index contributed by atoms with van der Waals surface area (Å²) in [5.41, 5.74) is 0.538. The fraction of sp³-hybridized carbons (Fsp3) is 0.562. The van der Waals surface area contributed by atoms with Crippen LogP contribution < -0.4 is 10.6 Å². The van der Waals surface area contributed by atoms with Crippen molar-refractivity contribution in [2.75, 3.05) is 13.1 Å². The van der Waals surface area contributed by atoms with Crippen LogP contribution in [0.2, 0.25) is 0 Å². The summed E-state index contributed by atoms with van der Waals surface area (Å²) in [5.74, 6) is 0.316. The second-order valence-corrected chi connectivity index (χ2v) is 6.14. The summed E-state index contributed by atoms with van der Waals surface area (Å²) in [5, 5.41) is 6.55. The number of halogens is 1. The Kier molecular flexibility index (Phi) is 3.50. The molecule has 1 amide bonds. The van der Waals surface area contributed by atoms with Gasteiger partial charge in [-0.1, -0.05) is 19.1 Å². The van der Waals surface area contributed by atoms with Gasteiger partial charge in [-0.2, -0.15) is 0 Å². The summed E-state index contributed by atoms with van der Waals surface area (Å²) in [7, 11) is 0. The van der Waals surface area contributed by atoms with Gasteiger partial charge in [0, 0.05) is 6.04 Å². The number of benzene rings is 1. The average molecular weight is 276 g/mol. The van der Waals surface area contributed by atoms with Gasteiger partial charge in [0.25, 0.3) is 0 Å². The molecule has 1 saturated heterocycles. The molecule has 0 bridgehead atoms. The molecule has 0 radical (unpaired) electrons. The van der Waals surface area contributed by atoms with Gasteiger partial charge in [0.15, 0.2) is 0 Å². The summed E-state index contributed by atoms with van der Waals surface area (Å²) >= 11 is 0. The van der Waals surface area contributed by atoms with E-state index in [9.17, 15) is 9.18 Å². The normalized spacial score (nSPS) is 27.9. The van der Waals surface area contributed by atoms with Crippen molar-refractivity contribution in [3.63, 3.8) is 0 Å². The number of rotatable bonds is 3. The Morgan fingerprint density at radius 2 is 2.05 bits per heavy atom. The second-order valence-electron chi connectivity index (χ2n) is 6.14. The minimum Gasteiger partial charge on any atom is -0.352 e. The molecule has 3 rings (SSSR count). The summed E-state index contributed by atoms with van der Waals surface area (Å²) in [6, 6.07) is 6.62. The first-order valence-electron chi connectivity index (χ1n) is 7.39. The van der Waals surface area contributed by atoms with Crippen LogP contribution >= 0.6 is 0 Å². The summed E-state index contributed by atoms with van der Waals surface area (Å²) in [6.45, 7) is 4.07. The maximum absolute atomic E-state index is 13.0. The predicted octanol–water partition coefficient (Wildman–Crippen LogP) is 1.97. The maximum atomic E-state index is 13.0. The van der Waals surface area contributed by atoms with E-state index >= 15 is 0 Å². The van der Waals surface area contributed by atoms with Crippen LogP contribution in [0.1, 0.15) is 31.7 Å². The van der Waals surface area contributed by atoms with Crippen molar-refractivity contribution >= 4 is 5.91 Å². The third kappa shape index (κ3) is 2.44. The third-order valence-electron chi connectivity index (χ3n) is 4.68. The molecule has 1 saturated carbocycles. The van der Waals surface area contributed by atoms with Crippen molar-refractivity contribution in [2.24, 2.45) is 5.92 Å². The minimum atomic E-state index is -0.404. The van der Waals surface area contributed by atoms with Gasteiger partial charge in [0.1, 0.15) is 5.82 Å². The Hall–Kier alpha value is -1.42. The Labute approximate surface area is 118 Å². The molecular formula is C16H21FN2O. The smallest absolute Gasteiger partial charge is 0.230 e. The molecule has 2 N–H and O–H groups in total. The highest BCUT2D eigenvalue weighted by Crippen LogP contribution is 2.48. The van der Waals surface area contributed by atoms with Gasteiger partial charge < -0.3 is 10.6 Å². The van der Waals surface area contributed by atoms with E-state index in [1.165, 1.54) is 12.1 Å². The van der Waals surface area contributed by atoms with E-state index < -0.39 is 5.41 Å². The molecule has 0 aromatic heterocycles. The summed E-state index contributed by atoms with van der Waals surface area (Å²) < 4.78 is 13.0. The zero-order valence-electron chi connectivity index (χ0n) is 11.8. The van der Waals surface area contributed by atoms with Crippen LogP contribution in [0.4, 0.5) is 4.39 Å². The van der Waals surface area contributed by atoms with Crippen LogP contribution in [0.3, 0.4) is 0 Å². The second kappa shape index (κ2) is 5.17. The number of carbonyl (C=O) groups is 1. The van der Waals surface area contributed by atoms with E-state index in [2.05, 4.69) is 17.6 Å². The van der Waals surface area contributed by atoms with Crippen LogP contribution in [0.5, 0.6) is 0 Å². The lowest BCUT2D eigenvalue weighted by Crippen LogP contribution is -2.50. The Bertz CT molecular complexity index is 496. The third-order valence-corrected chi connectivity index (χ3v) is 4.68. The molecule has 2 aliphatic rings. The highest BCUT2D eigenvalue weighted by Gasteiger charge is 2.51. The van der Waals surface area contributed by atoms with E-state index in [1.54, 1.807) is 12.1 Å². The molecule has 2 unspecified atom stereocenters. The lowest BCUT2D eigenvalue weighted by Gasteiger charge is -2.31. The summed E-state index contributed by atoms with van der Waals surface area (Å²) in [4.78, 5) is 12.6. The van der Waals surface area contributed by atoms with Crippen molar-refractivity contribution in [3.8, 4) is 0 Å². The number of carbonyl (C=O) groups excluding carboxylic acids is 1. The molecule has 0 spiro atoms. The lowest BCUT2D eigenvalue weighted by atomic mass is 9.91. The first-order valence-corrected chi connectivity index (χ1v) is 7.39. The van der Waals surface area contributed by atoms with Crippen LogP contribution in [-0.4, -0.2) is 25.0 Å². The molecule has 1 aromatic carbocycles. The lowest BCUT2D eigenvalue weighted by molar-refractivity contribution is -0.124. The van der Waals surface area contributed by atoms with Crippen LogP contribution in [0, 0.1) is 11.7 Å². The minimum absolute atomic E-state index is 0.114. The van der Waals surface area contributed by atoms with Gasteiger partial charge in [-0.15, -0.1) is 0 Å². The zero-order valence-corrected chi connectivity index (χ0v) is 11.8. The average Bonchev–Trinajstić information content (AvgIpc) is 3.24. The first kappa shape index (κ1) is 13.6. The largest absolute Gasteiger partial charge is 0.352 e. The molecule has 1 heterocycles. The SMILES string of the molecule is CC1CNCCC1NC(=O)C1(c2ccc(F)cc2)CC1. The molecule has 4 heteroatoms. The van der Waals surface area contributed by atoms with Crippen LogP contribution in [0.25, 0.3) is 0 Å². The van der Waals surface area contributed by atoms with E-state index in [1.807, 2.05) is 0 Å². The van der Waals surface area contributed by atoms with Crippen molar-refractivity contribution in [1.29, 1.82) is 0 Å². The molecule has 1 aliphatic carbocycles. The van der Waals surface area contributed by atoms with E-state index in [-0.39, 0.29) is 17.8 Å². The monoisotopic (exact) mass is 276 g/mol. The Balaban J connectivity index is 1.71. The predicted molar refractivity (Wildman–Crippen MR) is 75.9 cm³/mol. The molecule has 2 atom stereocenters. The number of piperidine rings is 1. The van der Waals surface area contributed by atoms with Crippen molar-refractivity contribution < 1.29 is 9.18 Å². The fourth-order valence-electron chi connectivity index (χ4n) is 3.08. The number of hydrogen-bond donors (Lipinski definition) is 2. The fourth-order valence-corrected chi connectivity index (χ4v) is 3.08. The quantitative estimate of drug-likeness (QED) is 0.886. The molecule has 1 aliphatic heterocycles.